The topological polar surface area (TPSA) is 70.6 Å². The molecule has 1 amide bonds. The summed E-state index contributed by atoms with van der Waals surface area (Å²) < 4.78 is 5.06. The Morgan fingerprint density at radius 3 is 2.54 bits per heavy atom. The quantitative estimate of drug-likeness (QED) is 0.882. The maximum atomic E-state index is 11.8. The summed E-state index contributed by atoms with van der Waals surface area (Å²) in [6, 6.07) is 9.34. The molecule has 1 aliphatic heterocycles. The van der Waals surface area contributed by atoms with Gasteiger partial charge in [-0.15, -0.1) is 0 Å². The third-order valence-electron chi connectivity index (χ3n) is 4.07. The Balaban J connectivity index is 1.68. The van der Waals surface area contributed by atoms with Gasteiger partial charge in [-0.05, 0) is 38.1 Å². The average Bonchev–Trinajstić information content (AvgIpc) is 2.63. The van der Waals surface area contributed by atoms with Gasteiger partial charge < -0.3 is 19.9 Å². The molecule has 1 N–H and O–H groups in total. The highest BCUT2D eigenvalue weighted by molar-refractivity contribution is 6.30. The van der Waals surface area contributed by atoms with Crippen LogP contribution in [-0.2, 0) is 4.74 Å². The van der Waals surface area contributed by atoms with Gasteiger partial charge in [0.05, 0.1) is 6.61 Å². The highest BCUT2D eigenvalue weighted by atomic mass is 35.5. The minimum absolute atomic E-state index is 0.254. The maximum Gasteiger partial charge on any atom is 0.409 e. The molecule has 1 fully saturated rings. The van der Waals surface area contributed by atoms with E-state index >= 15 is 0 Å². The predicted octanol–water partition coefficient (Wildman–Crippen LogP) is 3.46. The molecule has 0 spiro atoms. The molecule has 0 radical (unpaired) electrons. The summed E-state index contributed by atoms with van der Waals surface area (Å²) in [6.07, 6.45) is -0.254. The molecule has 7 nitrogen and oxygen atoms in total. The van der Waals surface area contributed by atoms with Gasteiger partial charge in [0.25, 0.3) is 0 Å². The van der Waals surface area contributed by atoms with Crippen LogP contribution in [0.3, 0.4) is 0 Å². The van der Waals surface area contributed by atoms with Crippen molar-refractivity contribution in [3.63, 3.8) is 0 Å². The molecule has 0 atom stereocenters. The molecule has 1 aliphatic rings. The number of hydrogen-bond donors (Lipinski definition) is 1. The Labute approximate surface area is 157 Å². The maximum absolute atomic E-state index is 11.8. The van der Waals surface area contributed by atoms with E-state index in [1.165, 1.54) is 0 Å². The van der Waals surface area contributed by atoms with Crippen molar-refractivity contribution in [1.29, 1.82) is 0 Å². The molecule has 8 heteroatoms. The van der Waals surface area contributed by atoms with Crippen LogP contribution in [0.15, 0.2) is 30.3 Å². The number of nitrogens with one attached hydrogen (secondary N) is 1. The van der Waals surface area contributed by atoms with Gasteiger partial charge in [0, 0.05) is 48.6 Å². The summed E-state index contributed by atoms with van der Waals surface area (Å²) in [6.45, 7) is 6.78. The second-order valence-corrected chi connectivity index (χ2v) is 6.43. The van der Waals surface area contributed by atoms with Gasteiger partial charge in [0.15, 0.2) is 0 Å². The van der Waals surface area contributed by atoms with E-state index in [1.54, 1.807) is 4.90 Å². The Morgan fingerprint density at radius 1 is 1.19 bits per heavy atom. The number of aryl methyl sites for hydroxylation is 1. The fourth-order valence-corrected chi connectivity index (χ4v) is 2.89. The first-order valence-electron chi connectivity index (χ1n) is 8.60. The third kappa shape index (κ3) is 4.54. The molecular formula is C18H22ClN5O2. The lowest BCUT2D eigenvalue weighted by Gasteiger charge is -2.34. The van der Waals surface area contributed by atoms with E-state index in [0.29, 0.717) is 43.8 Å². The molecule has 1 saturated heterocycles. The Morgan fingerprint density at radius 2 is 1.88 bits per heavy atom. The molecule has 0 unspecified atom stereocenters. The molecular weight excluding hydrogens is 354 g/mol. The zero-order chi connectivity index (χ0) is 18.5. The molecule has 1 aromatic heterocycles. The number of ether oxygens (including phenoxy) is 1. The van der Waals surface area contributed by atoms with Crippen LogP contribution in [0.25, 0.3) is 0 Å². The number of amides is 1. The van der Waals surface area contributed by atoms with E-state index in [-0.39, 0.29) is 6.09 Å². The fourth-order valence-electron chi connectivity index (χ4n) is 2.77. The lowest BCUT2D eigenvalue weighted by Crippen LogP contribution is -2.49. The first-order chi connectivity index (χ1) is 12.5. The van der Waals surface area contributed by atoms with Gasteiger partial charge in [-0.25, -0.2) is 9.78 Å². The third-order valence-corrected chi connectivity index (χ3v) is 4.32. The summed E-state index contributed by atoms with van der Waals surface area (Å²) in [5.74, 6) is 1.38. The number of anilines is 3. The minimum atomic E-state index is -0.254. The second-order valence-electron chi connectivity index (χ2n) is 6.00. The molecule has 2 heterocycles. The normalized spacial score (nSPS) is 14.3. The van der Waals surface area contributed by atoms with Crippen LogP contribution in [0.2, 0.25) is 5.02 Å². The van der Waals surface area contributed by atoms with Gasteiger partial charge in [0.1, 0.15) is 5.82 Å². The summed E-state index contributed by atoms with van der Waals surface area (Å²) in [7, 11) is 0. The van der Waals surface area contributed by atoms with E-state index in [4.69, 9.17) is 16.3 Å². The molecule has 1 aromatic carbocycles. The Bertz CT molecular complexity index is 761. The first kappa shape index (κ1) is 18.3. The lowest BCUT2D eigenvalue weighted by atomic mass is 10.3. The fraction of sp³-hybridized carbons (Fsp3) is 0.389. The summed E-state index contributed by atoms with van der Waals surface area (Å²) in [5, 5.41) is 3.88. The van der Waals surface area contributed by atoms with E-state index in [1.807, 2.05) is 44.2 Å². The van der Waals surface area contributed by atoms with Gasteiger partial charge >= 0.3 is 6.09 Å². The van der Waals surface area contributed by atoms with Crippen LogP contribution >= 0.6 is 11.6 Å². The van der Waals surface area contributed by atoms with E-state index < -0.39 is 0 Å². The molecule has 0 saturated carbocycles. The Kier molecular flexibility index (Phi) is 5.78. The second kappa shape index (κ2) is 8.23. The average molecular weight is 376 g/mol. The monoisotopic (exact) mass is 375 g/mol. The van der Waals surface area contributed by atoms with Gasteiger partial charge in [-0.2, -0.15) is 4.98 Å². The Hall–Kier alpha value is -2.54. The molecule has 138 valence electrons. The summed E-state index contributed by atoms with van der Waals surface area (Å²) in [5.41, 5.74) is 1.75. The number of benzene rings is 1. The number of piperazine rings is 1. The molecule has 3 rings (SSSR count). The van der Waals surface area contributed by atoms with E-state index in [9.17, 15) is 4.79 Å². The van der Waals surface area contributed by atoms with Gasteiger partial charge in [0.2, 0.25) is 5.95 Å². The van der Waals surface area contributed by atoms with Crippen LogP contribution in [0.4, 0.5) is 22.2 Å². The van der Waals surface area contributed by atoms with Gasteiger partial charge in [-0.1, -0.05) is 11.6 Å². The van der Waals surface area contributed by atoms with Crippen molar-refractivity contribution >= 4 is 35.1 Å². The van der Waals surface area contributed by atoms with Crippen LogP contribution in [0, 0.1) is 6.92 Å². The van der Waals surface area contributed by atoms with Crippen LogP contribution in [0.5, 0.6) is 0 Å². The van der Waals surface area contributed by atoms with Crippen molar-refractivity contribution in [2.45, 2.75) is 13.8 Å². The van der Waals surface area contributed by atoms with E-state index in [2.05, 4.69) is 20.2 Å². The number of carbonyl (C=O) groups is 1. The van der Waals surface area contributed by atoms with Gasteiger partial charge in [-0.3, -0.25) is 0 Å². The van der Waals surface area contributed by atoms with E-state index in [0.717, 1.165) is 17.2 Å². The largest absolute Gasteiger partial charge is 0.450 e. The molecule has 26 heavy (non-hydrogen) atoms. The summed E-state index contributed by atoms with van der Waals surface area (Å²) in [4.78, 5) is 24.8. The van der Waals surface area contributed by atoms with Crippen molar-refractivity contribution in [1.82, 2.24) is 14.9 Å². The van der Waals surface area contributed by atoms with Crippen LogP contribution in [-0.4, -0.2) is 53.7 Å². The van der Waals surface area contributed by atoms with Crippen molar-refractivity contribution in [3.8, 4) is 0 Å². The van der Waals surface area contributed by atoms with Crippen molar-refractivity contribution in [3.05, 3.63) is 41.0 Å². The predicted molar refractivity (Wildman–Crippen MR) is 102 cm³/mol. The smallest absolute Gasteiger partial charge is 0.409 e. The first-order valence-corrected chi connectivity index (χ1v) is 8.98. The minimum Gasteiger partial charge on any atom is -0.450 e. The molecule has 0 bridgehead atoms. The highest BCUT2D eigenvalue weighted by Crippen LogP contribution is 2.21. The SMILES string of the molecule is CCOC(=O)N1CCN(c2cc(C)nc(Nc3ccc(Cl)cc3)n2)CC1. The van der Waals surface area contributed by atoms with Crippen LogP contribution in [0.1, 0.15) is 12.6 Å². The van der Waals surface area contributed by atoms with Crippen molar-refractivity contribution < 1.29 is 9.53 Å². The highest BCUT2D eigenvalue weighted by Gasteiger charge is 2.23. The molecule has 2 aromatic rings. The summed E-state index contributed by atoms with van der Waals surface area (Å²) >= 11 is 5.92. The number of halogens is 1. The number of aromatic nitrogens is 2. The number of carbonyl (C=O) groups excluding carboxylic acids is 1. The zero-order valence-electron chi connectivity index (χ0n) is 14.9. The standard InChI is InChI=1S/C18H22ClN5O2/c1-3-26-18(25)24-10-8-23(9-11-24)16-12-13(2)20-17(22-16)21-15-6-4-14(19)5-7-15/h4-7,12H,3,8-11H2,1-2H3,(H,20,21,22). The van der Waals surface area contributed by atoms with Crippen LogP contribution < -0.4 is 10.2 Å². The lowest BCUT2D eigenvalue weighted by molar-refractivity contribution is 0.105. The number of nitrogens with zero attached hydrogens (tertiary/aromatic N) is 4. The zero-order valence-corrected chi connectivity index (χ0v) is 15.7. The van der Waals surface area contributed by atoms with Crippen molar-refractivity contribution in [2.75, 3.05) is 43.0 Å². The number of hydrogen-bond acceptors (Lipinski definition) is 6. The number of rotatable bonds is 4. The molecule has 0 aliphatic carbocycles. The van der Waals surface area contributed by atoms with Crippen molar-refractivity contribution in [2.24, 2.45) is 0 Å².